The zero-order valence-corrected chi connectivity index (χ0v) is 8.04. The highest BCUT2D eigenvalue weighted by atomic mass is 16.5. The molecule has 1 saturated heterocycles. The number of ether oxygens (including phenoxy) is 1. The van der Waals surface area contributed by atoms with Gasteiger partial charge in [0.2, 0.25) is 0 Å². The second-order valence-electron chi connectivity index (χ2n) is 4.38. The molecule has 1 saturated carbocycles. The Balaban J connectivity index is 1.49. The Morgan fingerprint density at radius 2 is 2.00 bits per heavy atom. The first-order valence-corrected chi connectivity index (χ1v) is 5.31. The summed E-state index contributed by atoms with van der Waals surface area (Å²) in [5.74, 6) is 1.45. The molecule has 2 N–H and O–H groups in total. The van der Waals surface area contributed by atoms with E-state index in [0.717, 1.165) is 51.0 Å². The number of rotatable bonds is 4. The van der Waals surface area contributed by atoms with Crippen molar-refractivity contribution in [3.8, 4) is 0 Å². The van der Waals surface area contributed by atoms with Crippen LogP contribution in [-0.4, -0.2) is 37.5 Å². The molecule has 13 heavy (non-hydrogen) atoms. The minimum Gasteiger partial charge on any atom is -0.393 e. The summed E-state index contributed by atoms with van der Waals surface area (Å²) in [6.07, 6.45) is 3.18. The first kappa shape index (κ1) is 9.44. The van der Waals surface area contributed by atoms with Crippen LogP contribution in [0.4, 0.5) is 0 Å². The van der Waals surface area contributed by atoms with E-state index in [1.54, 1.807) is 0 Å². The number of hydrogen-bond acceptors (Lipinski definition) is 3. The van der Waals surface area contributed by atoms with Crippen molar-refractivity contribution in [1.29, 1.82) is 0 Å². The fourth-order valence-corrected chi connectivity index (χ4v) is 2.10. The van der Waals surface area contributed by atoms with Crippen LogP contribution in [0.1, 0.15) is 19.3 Å². The molecule has 2 fully saturated rings. The Bertz CT molecular complexity index is 151. The van der Waals surface area contributed by atoms with E-state index in [9.17, 15) is 0 Å². The summed E-state index contributed by atoms with van der Waals surface area (Å²) in [7, 11) is 0. The van der Waals surface area contributed by atoms with Crippen LogP contribution >= 0.6 is 0 Å². The molecule has 2 aliphatic rings. The number of hydrogen-bond donors (Lipinski definition) is 2. The Hall–Kier alpha value is -0.120. The monoisotopic (exact) mass is 185 g/mol. The summed E-state index contributed by atoms with van der Waals surface area (Å²) < 4.78 is 5.29. The first-order chi connectivity index (χ1) is 6.34. The van der Waals surface area contributed by atoms with Crippen molar-refractivity contribution in [2.24, 2.45) is 11.8 Å². The highest BCUT2D eigenvalue weighted by Crippen LogP contribution is 2.26. The van der Waals surface area contributed by atoms with Gasteiger partial charge in [-0.2, -0.15) is 0 Å². The highest BCUT2D eigenvalue weighted by Gasteiger charge is 2.26. The van der Waals surface area contributed by atoms with Gasteiger partial charge in [0.15, 0.2) is 0 Å². The predicted octanol–water partition coefficient (Wildman–Crippen LogP) is 0.383. The summed E-state index contributed by atoms with van der Waals surface area (Å²) in [6, 6.07) is 0. The molecule has 1 aliphatic heterocycles. The van der Waals surface area contributed by atoms with Crippen molar-refractivity contribution < 1.29 is 9.84 Å². The third-order valence-corrected chi connectivity index (χ3v) is 3.10. The van der Waals surface area contributed by atoms with Gasteiger partial charge < -0.3 is 15.2 Å². The molecule has 3 nitrogen and oxygen atoms in total. The largest absolute Gasteiger partial charge is 0.393 e. The van der Waals surface area contributed by atoms with Crippen LogP contribution in [0.2, 0.25) is 0 Å². The lowest BCUT2D eigenvalue weighted by molar-refractivity contribution is 0.0426. The van der Waals surface area contributed by atoms with Crippen molar-refractivity contribution in [2.45, 2.75) is 25.4 Å². The van der Waals surface area contributed by atoms with Crippen molar-refractivity contribution in [3.63, 3.8) is 0 Å². The molecule has 2 rings (SSSR count). The quantitative estimate of drug-likeness (QED) is 0.665. The van der Waals surface area contributed by atoms with E-state index in [4.69, 9.17) is 9.84 Å². The Morgan fingerprint density at radius 3 is 2.62 bits per heavy atom. The first-order valence-electron chi connectivity index (χ1n) is 5.31. The maximum atomic E-state index is 9.08. The van der Waals surface area contributed by atoms with E-state index >= 15 is 0 Å². The summed E-state index contributed by atoms with van der Waals surface area (Å²) in [5, 5.41) is 12.5. The average Bonchev–Trinajstić information content (AvgIpc) is 2.53. The van der Waals surface area contributed by atoms with E-state index in [0.29, 0.717) is 0 Å². The predicted molar refractivity (Wildman–Crippen MR) is 50.5 cm³/mol. The molecule has 0 aromatic carbocycles. The van der Waals surface area contributed by atoms with E-state index < -0.39 is 0 Å². The van der Waals surface area contributed by atoms with Crippen molar-refractivity contribution in [2.75, 3.05) is 26.3 Å². The molecule has 0 spiro atoms. The van der Waals surface area contributed by atoms with Gasteiger partial charge in [0.1, 0.15) is 0 Å². The third-order valence-electron chi connectivity index (χ3n) is 3.10. The average molecular weight is 185 g/mol. The van der Waals surface area contributed by atoms with Crippen molar-refractivity contribution in [1.82, 2.24) is 5.32 Å². The van der Waals surface area contributed by atoms with E-state index in [1.807, 2.05) is 0 Å². The van der Waals surface area contributed by atoms with Gasteiger partial charge in [-0.1, -0.05) is 0 Å². The lowest BCUT2D eigenvalue weighted by Gasteiger charge is -2.31. The van der Waals surface area contributed by atoms with Crippen molar-refractivity contribution in [3.05, 3.63) is 0 Å². The van der Waals surface area contributed by atoms with Gasteiger partial charge in [0.05, 0.1) is 12.7 Å². The minimum absolute atomic E-state index is 0.0124. The maximum absolute atomic E-state index is 9.08. The van der Waals surface area contributed by atoms with Gasteiger partial charge in [-0.25, -0.2) is 0 Å². The van der Waals surface area contributed by atoms with Gasteiger partial charge in [-0.15, -0.1) is 0 Å². The standard InChI is InChI=1S/C10H19NO2/c12-10-3-9(4-10)6-11-5-8-1-2-13-7-8/h8-12H,1-7H2. The topological polar surface area (TPSA) is 41.5 Å². The molecular weight excluding hydrogens is 166 g/mol. The van der Waals surface area contributed by atoms with Gasteiger partial charge in [0.25, 0.3) is 0 Å². The van der Waals surface area contributed by atoms with Crippen LogP contribution in [0.15, 0.2) is 0 Å². The number of aliphatic hydroxyl groups excluding tert-OH is 1. The van der Waals surface area contributed by atoms with Crippen molar-refractivity contribution >= 4 is 0 Å². The Kier molecular flexibility index (Phi) is 3.19. The molecule has 1 aliphatic carbocycles. The zero-order chi connectivity index (χ0) is 9.10. The van der Waals surface area contributed by atoms with Crippen LogP contribution in [0, 0.1) is 11.8 Å². The molecular formula is C10H19NO2. The molecule has 0 bridgehead atoms. The van der Waals surface area contributed by atoms with Crippen LogP contribution < -0.4 is 5.32 Å². The minimum atomic E-state index is -0.0124. The van der Waals surface area contributed by atoms with Crippen LogP contribution in [0.3, 0.4) is 0 Å². The molecule has 0 radical (unpaired) electrons. The molecule has 1 atom stereocenters. The van der Waals surface area contributed by atoms with Gasteiger partial charge in [-0.05, 0) is 37.6 Å². The SMILES string of the molecule is OC1CC(CNCC2CCOC2)C1. The summed E-state index contributed by atoms with van der Waals surface area (Å²) in [5.41, 5.74) is 0. The van der Waals surface area contributed by atoms with E-state index in [1.165, 1.54) is 6.42 Å². The lowest BCUT2D eigenvalue weighted by atomic mass is 9.82. The lowest BCUT2D eigenvalue weighted by Crippen LogP contribution is -2.37. The molecule has 0 aromatic rings. The molecule has 76 valence electrons. The third kappa shape index (κ3) is 2.66. The fraction of sp³-hybridized carbons (Fsp3) is 1.00. The molecule has 0 aromatic heterocycles. The smallest absolute Gasteiger partial charge is 0.0546 e. The van der Waals surface area contributed by atoms with Gasteiger partial charge in [0, 0.05) is 13.2 Å². The van der Waals surface area contributed by atoms with Crippen LogP contribution in [0.25, 0.3) is 0 Å². The Labute approximate surface area is 79.5 Å². The molecule has 0 amide bonds. The molecule has 1 unspecified atom stereocenters. The second-order valence-corrected chi connectivity index (χ2v) is 4.38. The summed E-state index contributed by atoms with van der Waals surface area (Å²) in [6.45, 7) is 4.04. The number of aliphatic hydroxyl groups is 1. The maximum Gasteiger partial charge on any atom is 0.0546 e. The normalized spacial score (nSPS) is 39.0. The van der Waals surface area contributed by atoms with E-state index in [-0.39, 0.29) is 6.10 Å². The summed E-state index contributed by atoms with van der Waals surface area (Å²) in [4.78, 5) is 0. The zero-order valence-electron chi connectivity index (χ0n) is 8.04. The van der Waals surface area contributed by atoms with Gasteiger partial charge in [-0.3, -0.25) is 0 Å². The second kappa shape index (κ2) is 4.40. The van der Waals surface area contributed by atoms with Gasteiger partial charge >= 0.3 is 0 Å². The highest BCUT2D eigenvalue weighted by molar-refractivity contribution is 4.80. The van der Waals surface area contributed by atoms with Crippen LogP contribution in [0.5, 0.6) is 0 Å². The fourth-order valence-electron chi connectivity index (χ4n) is 2.10. The summed E-state index contributed by atoms with van der Waals surface area (Å²) >= 11 is 0. The number of nitrogens with one attached hydrogen (secondary N) is 1. The van der Waals surface area contributed by atoms with Crippen LogP contribution in [-0.2, 0) is 4.74 Å². The molecule has 3 heteroatoms. The molecule has 1 heterocycles. The Morgan fingerprint density at radius 1 is 1.23 bits per heavy atom. The van der Waals surface area contributed by atoms with E-state index in [2.05, 4.69) is 5.32 Å².